The molecular formula is C11H19NO. The third-order valence-electron chi connectivity index (χ3n) is 2.14. The molecule has 0 aromatic heterocycles. The van der Waals surface area contributed by atoms with Crippen molar-refractivity contribution >= 4 is 5.91 Å². The van der Waals surface area contributed by atoms with E-state index in [1.165, 1.54) is 12.8 Å². The van der Waals surface area contributed by atoms with E-state index in [-0.39, 0.29) is 5.91 Å². The standard InChI is InChI=1S/C11H19NO/c1-9(2)4-3-5-11(13)12-8-10-6-7-10/h3,5,9-10H,4,6-8H2,1-2H3,(H,12,13)/b5-3+. The van der Waals surface area contributed by atoms with Gasteiger partial charge in [-0.1, -0.05) is 19.9 Å². The summed E-state index contributed by atoms with van der Waals surface area (Å²) in [5.74, 6) is 1.46. The minimum Gasteiger partial charge on any atom is -0.352 e. The van der Waals surface area contributed by atoms with Crippen LogP contribution in [0.1, 0.15) is 33.1 Å². The number of nitrogens with one attached hydrogen (secondary N) is 1. The van der Waals surface area contributed by atoms with Gasteiger partial charge in [0.2, 0.25) is 5.91 Å². The van der Waals surface area contributed by atoms with Gasteiger partial charge in [-0.25, -0.2) is 0 Å². The van der Waals surface area contributed by atoms with E-state index < -0.39 is 0 Å². The lowest BCUT2D eigenvalue weighted by atomic mass is 10.1. The van der Waals surface area contributed by atoms with Crippen molar-refractivity contribution in [2.45, 2.75) is 33.1 Å². The van der Waals surface area contributed by atoms with Gasteiger partial charge < -0.3 is 5.32 Å². The Morgan fingerprint density at radius 2 is 2.23 bits per heavy atom. The first-order valence-electron chi connectivity index (χ1n) is 5.13. The van der Waals surface area contributed by atoms with E-state index in [1.54, 1.807) is 6.08 Å². The minimum atomic E-state index is 0.0625. The molecule has 1 saturated carbocycles. The Kier molecular flexibility index (Phi) is 4.00. The Hall–Kier alpha value is -0.790. The van der Waals surface area contributed by atoms with Crippen LogP contribution < -0.4 is 5.32 Å². The predicted molar refractivity (Wildman–Crippen MR) is 54.3 cm³/mol. The molecule has 2 nitrogen and oxygen atoms in total. The lowest BCUT2D eigenvalue weighted by molar-refractivity contribution is -0.116. The fraction of sp³-hybridized carbons (Fsp3) is 0.727. The molecular weight excluding hydrogens is 162 g/mol. The summed E-state index contributed by atoms with van der Waals surface area (Å²) < 4.78 is 0. The van der Waals surface area contributed by atoms with Gasteiger partial charge in [0.05, 0.1) is 0 Å². The van der Waals surface area contributed by atoms with Crippen molar-refractivity contribution in [2.75, 3.05) is 6.54 Å². The molecule has 0 radical (unpaired) electrons. The van der Waals surface area contributed by atoms with Gasteiger partial charge in [0.25, 0.3) is 0 Å². The average molecular weight is 181 g/mol. The second-order valence-electron chi connectivity index (χ2n) is 4.22. The zero-order valence-corrected chi connectivity index (χ0v) is 8.55. The molecule has 0 aromatic rings. The van der Waals surface area contributed by atoms with E-state index in [9.17, 15) is 4.79 Å². The number of rotatable bonds is 5. The fourth-order valence-electron chi connectivity index (χ4n) is 1.07. The highest BCUT2D eigenvalue weighted by atomic mass is 16.1. The molecule has 2 heteroatoms. The number of carbonyl (C=O) groups is 1. The van der Waals surface area contributed by atoms with E-state index >= 15 is 0 Å². The van der Waals surface area contributed by atoms with Gasteiger partial charge in [0, 0.05) is 6.54 Å². The van der Waals surface area contributed by atoms with Gasteiger partial charge >= 0.3 is 0 Å². The number of hydrogen-bond donors (Lipinski definition) is 1. The second kappa shape index (κ2) is 5.05. The topological polar surface area (TPSA) is 29.1 Å². The van der Waals surface area contributed by atoms with E-state index in [2.05, 4.69) is 19.2 Å². The summed E-state index contributed by atoms with van der Waals surface area (Å²) in [7, 11) is 0. The number of amides is 1. The van der Waals surface area contributed by atoms with Gasteiger partial charge in [-0.05, 0) is 37.2 Å². The lowest BCUT2D eigenvalue weighted by Crippen LogP contribution is -2.23. The van der Waals surface area contributed by atoms with Crippen LogP contribution in [0.3, 0.4) is 0 Å². The summed E-state index contributed by atoms with van der Waals surface area (Å²) in [5, 5.41) is 2.89. The van der Waals surface area contributed by atoms with Gasteiger partial charge in [0.1, 0.15) is 0 Å². The molecule has 0 heterocycles. The van der Waals surface area contributed by atoms with Crippen molar-refractivity contribution in [3.63, 3.8) is 0 Å². The maximum atomic E-state index is 11.2. The molecule has 0 unspecified atom stereocenters. The van der Waals surface area contributed by atoms with E-state index in [1.807, 2.05) is 6.08 Å². The van der Waals surface area contributed by atoms with Crippen molar-refractivity contribution in [2.24, 2.45) is 11.8 Å². The molecule has 0 aliphatic heterocycles. The summed E-state index contributed by atoms with van der Waals surface area (Å²) in [6, 6.07) is 0. The molecule has 1 fully saturated rings. The second-order valence-corrected chi connectivity index (χ2v) is 4.22. The highest BCUT2D eigenvalue weighted by Gasteiger charge is 2.20. The third kappa shape index (κ3) is 5.45. The minimum absolute atomic E-state index is 0.0625. The number of carbonyl (C=O) groups excluding carboxylic acids is 1. The third-order valence-corrected chi connectivity index (χ3v) is 2.14. The van der Waals surface area contributed by atoms with Gasteiger partial charge in [-0.3, -0.25) is 4.79 Å². The molecule has 0 spiro atoms. The molecule has 0 saturated heterocycles. The van der Waals surface area contributed by atoms with Crippen LogP contribution in [0.2, 0.25) is 0 Å². The Morgan fingerprint density at radius 1 is 1.54 bits per heavy atom. The molecule has 0 bridgehead atoms. The molecule has 74 valence electrons. The fourth-order valence-corrected chi connectivity index (χ4v) is 1.07. The zero-order valence-electron chi connectivity index (χ0n) is 8.55. The highest BCUT2D eigenvalue weighted by molar-refractivity contribution is 5.87. The van der Waals surface area contributed by atoms with Crippen molar-refractivity contribution in [1.82, 2.24) is 5.32 Å². The van der Waals surface area contributed by atoms with Crippen molar-refractivity contribution < 1.29 is 4.79 Å². The van der Waals surface area contributed by atoms with Crippen LogP contribution in [0.4, 0.5) is 0 Å². The zero-order chi connectivity index (χ0) is 9.68. The molecule has 1 N–H and O–H groups in total. The Balaban J connectivity index is 2.04. The normalized spacial score (nSPS) is 16.8. The summed E-state index contributed by atoms with van der Waals surface area (Å²) >= 11 is 0. The molecule has 1 amide bonds. The largest absolute Gasteiger partial charge is 0.352 e. The molecule has 1 aliphatic carbocycles. The monoisotopic (exact) mass is 181 g/mol. The SMILES string of the molecule is CC(C)C/C=C/C(=O)NCC1CC1. The van der Waals surface area contributed by atoms with Crippen molar-refractivity contribution in [3.05, 3.63) is 12.2 Å². The first-order valence-corrected chi connectivity index (χ1v) is 5.13. The van der Waals surface area contributed by atoms with Crippen LogP contribution in [-0.4, -0.2) is 12.5 Å². The number of allylic oxidation sites excluding steroid dienone is 1. The van der Waals surface area contributed by atoms with Gasteiger partial charge in [-0.2, -0.15) is 0 Å². The Morgan fingerprint density at radius 3 is 2.77 bits per heavy atom. The van der Waals surface area contributed by atoms with E-state index in [0.29, 0.717) is 5.92 Å². The first kappa shape index (κ1) is 10.3. The van der Waals surface area contributed by atoms with Crippen LogP contribution in [0.15, 0.2) is 12.2 Å². The van der Waals surface area contributed by atoms with Crippen LogP contribution in [-0.2, 0) is 4.79 Å². The molecule has 1 aliphatic rings. The van der Waals surface area contributed by atoms with E-state index in [0.717, 1.165) is 18.9 Å². The van der Waals surface area contributed by atoms with Crippen molar-refractivity contribution in [3.8, 4) is 0 Å². The number of hydrogen-bond acceptors (Lipinski definition) is 1. The summed E-state index contributed by atoms with van der Waals surface area (Å²) in [4.78, 5) is 11.2. The smallest absolute Gasteiger partial charge is 0.243 e. The molecule has 1 rings (SSSR count). The lowest BCUT2D eigenvalue weighted by Gasteiger charge is -1.99. The maximum Gasteiger partial charge on any atom is 0.243 e. The van der Waals surface area contributed by atoms with Crippen LogP contribution in [0.5, 0.6) is 0 Å². The van der Waals surface area contributed by atoms with E-state index in [4.69, 9.17) is 0 Å². The van der Waals surface area contributed by atoms with Crippen LogP contribution in [0.25, 0.3) is 0 Å². The molecule has 0 aromatic carbocycles. The summed E-state index contributed by atoms with van der Waals surface area (Å²) in [6.07, 6.45) is 7.16. The van der Waals surface area contributed by atoms with Gasteiger partial charge in [0.15, 0.2) is 0 Å². The Labute approximate surface area is 80.4 Å². The van der Waals surface area contributed by atoms with Crippen LogP contribution >= 0.6 is 0 Å². The quantitative estimate of drug-likeness (QED) is 0.647. The average Bonchev–Trinajstić information content (AvgIpc) is 2.83. The highest BCUT2D eigenvalue weighted by Crippen LogP contribution is 2.27. The first-order chi connectivity index (χ1) is 6.18. The summed E-state index contributed by atoms with van der Waals surface area (Å²) in [6.45, 7) is 5.16. The van der Waals surface area contributed by atoms with Crippen LogP contribution in [0, 0.1) is 11.8 Å². The predicted octanol–water partition coefficient (Wildman–Crippen LogP) is 2.11. The molecule has 13 heavy (non-hydrogen) atoms. The van der Waals surface area contributed by atoms with Crippen molar-refractivity contribution in [1.29, 1.82) is 0 Å². The Bertz CT molecular complexity index is 192. The molecule has 0 atom stereocenters. The maximum absolute atomic E-state index is 11.2. The van der Waals surface area contributed by atoms with Gasteiger partial charge in [-0.15, -0.1) is 0 Å². The summed E-state index contributed by atoms with van der Waals surface area (Å²) in [5.41, 5.74) is 0.